The van der Waals surface area contributed by atoms with Crippen LogP contribution < -0.4 is 9.64 Å². The van der Waals surface area contributed by atoms with Gasteiger partial charge in [-0.2, -0.15) is 36.3 Å². The maximum atomic E-state index is 16.5. The first-order chi connectivity index (χ1) is 25.9. The van der Waals surface area contributed by atoms with Gasteiger partial charge in [0.05, 0.1) is 5.39 Å². The fraction of sp³-hybridized carbons (Fsp3) is 0.429. The highest BCUT2D eigenvalue weighted by molar-refractivity contribution is 6.36. The third-order valence-corrected chi connectivity index (χ3v) is 9.87. The smallest absolute Gasteiger partial charge is 0.475 e. The largest absolute Gasteiger partial charge is 0.490 e. The number of fused-ring (bicyclic) bond motifs is 4. The Balaban J connectivity index is 0.000000355. The summed E-state index contributed by atoms with van der Waals surface area (Å²) in [6.07, 6.45) is -3.73. The molecular formula is C35H32Cl2F7N5O6. The minimum absolute atomic E-state index is 0.0297. The van der Waals surface area contributed by atoms with E-state index in [1.54, 1.807) is 17.2 Å². The first-order valence-corrected chi connectivity index (χ1v) is 17.7. The molecule has 0 radical (unpaired) electrons. The van der Waals surface area contributed by atoms with Gasteiger partial charge < -0.3 is 24.7 Å². The molecule has 2 atom stereocenters. The summed E-state index contributed by atoms with van der Waals surface area (Å²) in [5.74, 6) is -4.25. The topological polar surface area (TPSA) is 146 Å². The number of rotatable bonds is 5. The average Bonchev–Trinajstić information content (AvgIpc) is 3.48. The number of ether oxygens (including phenoxy) is 1. The van der Waals surface area contributed by atoms with Crippen LogP contribution in [0.4, 0.5) is 36.6 Å². The van der Waals surface area contributed by atoms with Crippen molar-refractivity contribution in [3.8, 4) is 17.3 Å². The van der Waals surface area contributed by atoms with E-state index in [2.05, 4.69) is 14.9 Å². The SMILES string of the molecule is O=C(CCl)N1CCC(Oc2nc(N3CC4CCC(C4)C3)c3cnc(-c4cccc5cccc(Cl)c45)c(F)c3n2)CC1.O=C(O)C(F)(F)F.O=C(O)C(F)(F)F. The lowest BCUT2D eigenvalue weighted by atomic mass is 9.98. The van der Waals surface area contributed by atoms with E-state index in [9.17, 15) is 31.1 Å². The van der Waals surface area contributed by atoms with Crippen molar-refractivity contribution in [1.29, 1.82) is 0 Å². The van der Waals surface area contributed by atoms with E-state index >= 15 is 4.39 Å². The Morgan fingerprint density at radius 3 is 1.98 bits per heavy atom. The molecule has 4 heterocycles. The van der Waals surface area contributed by atoms with Gasteiger partial charge in [-0.25, -0.2) is 14.0 Å². The van der Waals surface area contributed by atoms with Crippen LogP contribution in [0, 0.1) is 17.7 Å². The van der Waals surface area contributed by atoms with E-state index < -0.39 is 30.1 Å². The van der Waals surface area contributed by atoms with Gasteiger partial charge in [-0.05, 0) is 42.6 Å². The zero-order valence-corrected chi connectivity index (χ0v) is 30.0. The summed E-state index contributed by atoms with van der Waals surface area (Å²) >= 11 is 12.3. The van der Waals surface area contributed by atoms with Crippen LogP contribution in [0.2, 0.25) is 5.02 Å². The van der Waals surface area contributed by atoms with Crippen LogP contribution in [0.15, 0.2) is 42.6 Å². The minimum atomic E-state index is -5.08. The summed E-state index contributed by atoms with van der Waals surface area (Å²) in [5, 5.41) is 17.0. The van der Waals surface area contributed by atoms with Gasteiger partial charge in [0.25, 0.3) is 0 Å². The number of carboxylic acid groups (broad SMARTS) is 2. The maximum Gasteiger partial charge on any atom is 0.490 e. The highest BCUT2D eigenvalue weighted by Crippen LogP contribution is 2.41. The lowest BCUT2D eigenvalue weighted by Gasteiger charge is -2.34. The number of amides is 1. The van der Waals surface area contributed by atoms with Gasteiger partial charge in [-0.15, -0.1) is 11.6 Å². The lowest BCUT2D eigenvalue weighted by Crippen LogP contribution is -2.42. The van der Waals surface area contributed by atoms with E-state index in [0.717, 1.165) is 23.9 Å². The molecule has 3 fully saturated rings. The summed E-state index contributed by atoms with van der Waals surface area (Å²) in [6, 6.07) is 11.4. The maximum absolute atomic E-state index is 16.5. The number of halogens is 9. The molecule has 55 heavy (non-hydrogen) atoms. The first kappa shape index (κ1) is 41.5. The molecule has 7 rings (SSSR count). The van der Waals surface area contributed by atoms with Crippen LogP contribution >= 0.6 is 23.2 Å². The number of hydrogen-bond donors (Lipinski definition) is 2. The first-order valence-electron chi connectivity index (χ1n) is 16.8. The van der Waals surface area contributed by atoms with Crippen LogP contribution in [-0.2, 0) is 14.4 Å². The fourth-order valence-corrected chi connectivity index (χ4v) is 7.29. The summed E-state index contributed by atoms with van der Waals surface area (Å²) < 4.78 is 86.3. The average molecular weight is 823 g/mol. The van der Waals surface area contributed by atoms with Gasteiger partial charge in [0.15, 0.2) is 5.82 Å². The number of carboxylic acids is 2. The van der Waals surface area contributed by atoms with Gasteiger partial charge in [0, 0.05) is 61.2 Å². The summed E-state index contributed by atoms with van der Waals surface area (Å²) in [6.45, 7) is 2.86. The van der Waals surface area contributed by atoms with Gasteiger partial charge in [0.2, 0.25) is 5.91 Å². The van der Waals surface area contributed by atoms with Crippen molar-refractivity contribution < 1.29 is 60.1 Å². The Bertz CT molecular complexity index is 2020. The van der Waals surface area contributed by atoms with E-state index in [0.29, 0.717) is 59.6 Å². The Morgan fingerprint density at radius 1 is 0.873 bits per heavy atom. The van der Waals surface area contributed by atoms with Gasteiger partial charge in [-0.1, -0.05) is 41.9 Å². The zero-order valence-electron chi connectivity index (χ0n) is 28.5. The number of piperidine rings is 2. The molecular weight excluding hydrogens is 790 g/mol. The highest BCUT2D eigenvalue weighted by Gasteiger charge is 2.39. The Kier molecular flexibility index (Phi) is 12.8. The summed E-state index contributed by atoms with van der Waals surface area (Å²) in [7, 11) is 0. The molecule has 1 saturated carbocycles. The molecule has 296 valence electrons. The number of hydrogen-bond acceptors (Lipinski definition) is 8. The van der Waals surface area contributed by atoms with E-state index in [1.807, 2.05) is 30.3 Å². The molecule has 4 aromatic rings. The van der Waals surface area contributed by atoms with Crippen LogP contribution in [0.1, 0.15) is 32.1 Å². The second-order valence-corrected chi connectivity index (χ2v) is 13.7. The minimum Gasteiger partial charge on any atom is -0.475 e. The normalized spacial score (nSPS) is 18.6. The van der Waals surface area contributed by atoms with Crippen molar-refractivity contribution in [3.63, 3.8) is 0 Å². The summed E-state index contributed by atoms with van der Waals surface area (Å²) in [4.78, 5) is 47.9. The van der Waals surface area contributed by atoms with Crippen LogP contribution in [0.3, 0.4) is 0 Å². The van der Waals surface area contributed by atoms with Crippen molar-refractivity contribution in [3.05, 3.63) is 53.4 Å². The Morgan fingerprint density at radius 2 is 1.44 bits per heavy atom. The fourth-order valence-electron chi connectivity index (χ4n) is 6.83. The van der Waals surface area contributed by atoms with Gasteiger partial charge in [-0.3, -0.25) is 9.78 Å². The second kappa shape index (κ2) is 17.0. The molecule has 2 aromatic carbocycles. The third-order valence-electron chi connectivity index (χ3n) is 9.33. The molecule has 20 heteroatoms. The van der Waals surface area contributed by atoms with Crippen molar-refractivity contribution in [2.24, 2.45) is 11.8 Å². The molecule has 11 nitrogen and oxygen atoms in total. The monoisotopic (exact) mass is 821 g/mol. The summed E-state index contributed by atoms with van der Waals surface area (Å²) in [5.41, 5.74) is 0.993. The quantitative estimate of drug-likeness (QED) is 0.151. The number of carbonyl (C=O) groups is 3. The molecule has 2 N–H and O–H groups in total. The number of alkyl halides is 7. The molecule has 2 aromatic heterocycles. The van der Waals surface area contributed by atoms with Crippen LogP contribution in [0.25, 0.3) is 32.9 Å². The standard InChI is InChI=1S/C31H30Cl2FN5O2.2C2HF3O2/c32-14-25(40)38-11-9-21(10-12-38)41-31-36-29-23(30(37-31)39-16-18-7-8-19(13-18)17-39)15-35-28(27(29)34)22-5-1-3-20-4-2-6-24(33)26(20)22;2*3-2(4,5)1(6)7/h1-6,15,18-19,21H,7-14,16-17H2;2*(H,6,7). The van der Waals surface area contributed by atoms with E-state index in [1.165, 1.54) is 19.3 Å². The van der Waals surface area contributed by atoms with Crippen molar-refractivity contribution in [2.45, 2.75) is 50.6 Å². The number of carbonyl (C=O) groups excluding carboxylic acids is 1. The molecule has 1 aliphatic carbocycles. The predicted octanol–water partition coefficient (Wildman–Crippen LogP) is 7.75. The van der Waals surface area contributed by atoms with Crippen molar-refractivity contribution in [1.82, 2.24) is 19.9 Å². The molecule has 3 aliphatic rings. The number of aliphatic carboxylic acids is 2. The Labute approximate surface area is 318 Å². The molecule has 2 saturated heterocycles. The number of likely N-dealkylation sites (tertiary alicyclic amines) is 1. The number of anilines is 1. The molecule has 1 amide bonds. The number of aromatic nitrogens is 3. The van der Waals surface area contributed by atoms with Crippen molar-refractivity contribution >= 4 is 68.5 Å². The number of pyridine rings is 1. The number of benzene rings is 2. The second-order valence-electron chi connectivity index (χ2n) is 13.0. The molecule has 2 unspecified atom stereocenters. The number of nitrogens with zero attached hydrogens (tertiary/aromatic N) is 5. The van der Waals surface area contributed by atoms with Gasteiger partial charge >= 0.3 is 30.3 Å². The lowest BCUT2D eigenvalue weighted by molar-refractivity contribution is -0.193. The zero-order chi connectivity index (χ0) is 40.2. The van der Waals surface area contributed by atoms with Gasteiger partial charge in [0.1, 0.15) is 29.0 Å². The van der Waals surface area contributed by atoms with Crippen molar-refractivity contribution in [2.75, 3.05) is 37.0 Å². The van der Waals surface area contributed by atoms with Crippen LogP contribution in [-0.4, -0.2) is 98.4 Å². The molecule has 2 aliphatic heterocycles. The van der Waals surface area contributed by atoms with E-state index in [4.69, 9.17) is 52.7 Å². The predicted molar refractivity (Wildman–Crippen MR) is 187 cm³/mol. The third kappa shape index (κ3) is 9.94. The van der Waals surface area contributed by atoms with Crippen LogP contribution in [0.5, 0.6) is 6.01 Å². The molecule has 2 bridgehead atoms. The Hall–Kier alpha value is -4.71. The van der Waals surface area contributed by atoms with E-state index in [-0.39, 0.29) is 35.1 Å². The molecule has 0 spiro atoms. The highest BCUT2D eigenvalue weighted by atomic mass is 35.5.